The predicted octanol–water partition coefficient (Wildman–Crippen LogP) is 4.57. The largest absolute Gasteiger partial charge is 0.464 e. The molecule has 1 N–H and O–H groups in total. The molecule has 0 heterocycles. The van der Waals surface area contributed by atoms with Crippen molar-refractivity contribution in [3.63, 3.8) is 0 Å². The van der Waals surface area contributed by atoms with Gasteiger partial charge in [0.2, 0.25) is 0 Å². The number of rotatable bonds is 2. The standard InChI is InChI=1S/C14H12BrNO2/c1-10-2-6-12(7-3-10)16(14(17)18)13-8-4-11(15)5-9-13/h2-9H,1H3,(H,17,18). The van der Waals surface area contributed by atoms with Crippen molar-refractivity contribution in [2.45, 2.75) is 6.92 Å². The smallest absolute Gasteiger partial charge is 0.416 e. The van der Waals surface area contributed by atoms with E-state index in [9.17, 15) is 9.90 Å². The molecule has 0 aliphatic rings. The zero-order valence-corrected chi connectivity index (χ0v) is 11.4. The molecule has 0 aliphatic carbocycles. The van der Waals surface area contributed by atoms with Crippen molar-refractivity contribution in [3.05, 3.63) is 58.6 Å². The number of nitrogens with zero attached hydrogens (tertiary/aromatic N) is 1. The average Bonchev–Trinajstić information content (AvgIpc) is 2.34. The van der Waals surface area contributed by atoms with E-state index in [2.05, 4.69) is 15.9 Å². The van der Waals surface area contributed by atoms with Gasteiger partial charge in [0, 0.05) is 4.47 Å². The Labute approximate surface area is 114 Å². The molecule has 92 valence electrons. The van der Waals surface area contributed by atoms with Gasteiger partial charge in [0.1, 0.15) is 0 Å². The summed E-state index contributed by atoms with van der Waals surface area (Å²) in [6.45, 7) is 1.97. The van der Waals surface area contributed by atoms with E-state index in [1.165, 1.54) is 4.90 Å². The maximum atomic E-state index is 11.4. The minimum Gasteiger partial charge on any atom is -0.464 e. The van der Waals surface area contributed by atoms with Crippen LogP contribution in [-0.4, -0.2) is 11.2 Å². The molecule has 4 heteroatoms. The number of anilines is 2. The van der Waals surface area contributed by atoms with Crippen LogP contribution in [-0.2, 0) is 0 Å². The highest BCUT2D eigenvalue weighted by Gasteiger charge is 2.16. The number of benzene rings is 2. The van der Waals surface area contributed by atoms with Gasteiger partial charge in [-0.15, -0.1) is 0 Å². The zero-order valence-electron chi connectivity index (χ0n) is 9.80. The van der Waals surface area contributed by atoms with Crippen LogP contribution < -0.4 is 4.90 Å². The monoisotopic (exact) mass is 305 g/mol. The molecule has 0 spiro atoms. The lowest BCUT2D eigenvalue weighted by molar-refractivity contribution is 0.205. The number of carbonyl (C=O) groups is 1. The van der Waals surface area contributed by atoms with Gasteiger partial charge in [-0.2, -0.15) is 0 Å². The van der Waals surface area contributed by atoms with Gasteiger partial charge < -0.3 is 5.11 Å². The summed E-state index contributed by atoms with van der Waals surface area (Å²) in [5.74, 6) is 0. The Balaban J connectivity index is 2.43. The second-order valence-corrected chi connectivity index (χ2v) is 4.85. The number of halogens is 1. The van der Waals surface area contributed by atoms with Gasteiger partial charge in [-0.3, -0.25) is 0 Å². The molecule has 0 aliphatic heterocycles. The first kappa shape index (κ1) is 12.6. The molecule has 18 heavy (non-hydrogen) atoms. The van der Waals surface area contributed by atoms with E-state index < -0.39 is 6.09 Å². The summed E-state index contributed by atoms with van der Waals surface area (Å²) in [6, 6.07) is 14.5. The summed E-state index contributed by atoms with van der Waals surface area (Å²) in [7, 11) is 0. The van der Waals surface area contributed by atoms with Gasteiger partial charge in [0.15, 0.2) is 0 Å². The number of hydrogen-bond acceptors (Lipinski definition) is 1. The Morgan fingerprint density at radius 2 is 1.44 bits per heavy atom. The van der Waals surface area contributed by atoms with Gasteiger partial charge >= 0.3 is 6.09 Å². The lowest BCUT2D eigenvalue weighted by atomic mass is 10.2. The fraction of sp³-hybridized carbons (Fsp3) is 0.0714. The Kier molecular flexibility index (Phi) is 3.67. The average molecular weight is 306 g/mol. The fourth-order valence-electron chi connectivity index (χ4n) is 1.65. The van der Waals surface area contributed by atoms with E-state index in [0.29, 0.717) is 11.4 Å². The molecule has 2 aromatic rings. The quantitative estimate of drug-likeness (QED) is 0.882. The first-order valence-electron chi connectivity index (χ1n) is 5.43. The predicted molar refractivity (Wildman–Crippen MR) is 75.5 cm³/mol. The topological polar surface area (TPSA) is 40.5 Å². The van der Waals surface area contributed by atoms with Gasteiger partial charge in [0.25, 0.3) is 0 Å². The highest BCUT2D eigenvalue weighted by molar-refractivity contribution is 9.10. The zero-order chi connectivity index (χ0) is 13.1. The van der Waals surface area contributed by atoms with Crippen LogP contribution in [0.1, 0.15) is 5.56 Å². The summed E-state index contributed by atoms with van der Waals surface area (Å²) in [5, 5.41) is 9.33. The SMILES string of the molecule is Cc1ccc(N(C(=O)O)c2ccc(Br)cc2)cc1. The van der Waals surface area contributed by atoms with Gasteiger partial charge in [-0.25, -0.2) is 9.69 Å². The van der Waals surface area contributed by atoms with Gasteiger partial charge in [-0.05, 0) is 43.3 Å². The highest BCUT2D eigenvalue weighted by atomic mass is 79.9. The highest BCUT2D eigenvalue weighted by Crippen LogP contribution is 2.27. The van der Waals surface area contributed by atoms with E-state index in [0.717, 1.165) is 10.0 Å². The van der Waals surface area contributed by atoms with Gasteiger partial charge in [0.05, 0.1) is 11.4 Å². The third-order valence-corrected chi connectivity index (χ3v) is 3.10. The molecular weight excluding hydrogens is 294 g/mol. The molecule has 0 fully saturated rings. The molecule has 0 aromatic heterocycles. The molecule has 1 amide bonds. The van der Waals surface area contributed by atoms with Crippen molar-refractivity contribution in [2.75, 3.05) is 4.90 Å². The van der Waals surface area contributed by atoms with Crippen molar-refractivity contribution >= 4 is 33.4 Å². The minimum absolute atomic E-state index is 0.620. The van der Waals surface area contributed by atoms with Gasteiger partial charge in [-0.1, -0.05) is 33.6 Å². The molecule has 0 unspecified atom stereocenters. The number of carboxylic acid groups (broad SMARTS) is 1. The first-order valence-corrected chi connectivity index (χ1v) is 6.22. The Morgan fingerprint density at radius 1 is 1.00 bits per heavy atom. The number of hydrogen-bond donors (Lipinski definition) is 1. The van der Waals surface area contributed by atoms with E-state index in [-0.39, 0.29) is 0 Å². The lowest BCUT2D eigenvalue weighted by Crippen LogP contribution is -2.23. The van der Waals surface area contributed by atoms with E-state index in [1.54, 1.807) is 24.3 Å². The second-order valence-electron chi connectivity index (χ2n) is 3.93. The van der Waals surface area contributed by atoms with Crippen LogP contribution in [0.5, 0.6) is 0 Å². The molecule has 0 saturated heterocycles. The summed E-state index contributed by atoms with van der Waals surface area (Å²) in [5.41, 5.74) is 2.35. The van der Waals surface area contributed by atoms with E-state index in [1.807, 2.05) is 31.2 Å². The Hall–Kier alpha value is -1.81. The van der Waals surface area contributed by atoms with Crippen LogP contribution in [0.4, 0.5) is 16.2 Å². The van der Waals surface area contributed by atoms with Crippen LogP contribution in [0.25, 0.3) is 0 Å². The van der Waals surface area contributed by atoms with Crippen LogP contribution in [0, 0.1) is 6.92 Å². The van der Waals surface area contributed by atoms with E-state index in [4.69, 9.17) is 0 Å². The molecule has 0 atom stereocenters. The third kappa shape index (κ3) is 2.71. The summed E-state index contributed by atoms with van der Waals surface area (Å²) < 4.78 is 0.917. The Bertz CT molecular complexity index is 504. The maximum absolute atomic E-state index is 11.4. The Morgan fingerprint density at radius 3 is 1.89 bits per heavy atom. The van der Waals surface area contributed by atoms with Crippen molar-refractivity contribution in [3.8, 4) is 0 Å². The summed E-state index contributed by atoms with van der Waals surface area (Å²) in [4.78, 5) is 12.6. The number of aryl methyl sites for hydroxylation is 1. The van der Waals surface area contributed by atoms with E-state index >= 15 is 0 Å². The van der Waals surface area contributed by atoms with Crippen LogP contribution in [0.15, 0.2) is 53.0 Å². The van der Waals surface area contributed by atoms with Crippen molar-refractivity contribution in [1.29, 1.82) is 0 Å². The van der Waals surface area contributed by atoms with Crippen molar-refractivity contribution in [1.82, 2.24) is 0 Å². The molecule has 2 rings (SSSR count). The molecule has 3 nitrogen and oxygen atoms in total. The van der Waals surface area contributed by atoms with Crippen LogP contribution >= 0.6 is 15.9 Å². The number of amides is 1. The van der Waals surface area contributed by atoms with Crippen LogP contribution in [0.3, 0.4) is 0 Å². The molecule has 2 aromatic carbocycles. The third-order valence-electron chi connectivity index (χ3n) is 2.57. The van der Waals surface area contributed by atoms with Crippen LogP contribution in [0.2, 0.25) is 0 Å². The molecular formula is C14H12BrNO2. The second kappa shape index (κ2) is 5.23. The molecule has 0 saturated carbocycles. The van der Waals surface area contributed by atoms with Crippen molar-refractivity contribution in [2.24, 2.45) is 0 Å². The maximum Gasteiger partial charge on any atom is 0.416 e. The molecule has 0 radical (unpaired) electrons. The summed E-state index contributed by atoms with van der Waals surface area (Å²) >= 11 is 3.33. The first-order chi connectivity index (χ1) is 8.58. The molecule has 0 bridgehead atoms. The van der Waals surface area contributed by atoms with Crippen molar-refractivity contribution < 1.29 is 9.90 Å². The minimum atomic E-state index is -0.999. The lowest BCUT2D eigenvalue weighted by Gasteiger charge is -2.19. The summed E-state index contributed by atoms with van der Waals surface area (Å²) in [6.07, 6.45) is -0.999. The fourth-order valence-corrected chi connectivity index (χ4v) is 1.92. The normalized spacial score (nSPS) is 10.1.